The molecule has 4 heterocycles. The minimum absolute atomic E-state index is 0.139. The van der Waals surface area contributed by atoms with Crippen LogP contribution in [0.5, 0.6) is 5.88 Å². The number of hydrogen-bond acceptors (Lipinski definition) is 6. The number of carbonyl (C=O) groups excluding carboxylic acids is 1. The third-order valence-electron chi connectivity index (χ3n) is 5.22. The number of ether oxygens (including phenoxy) is 1. The molecule has 0 radical (unpaired) electrons. The molecule has 1 aliphatic rings. The first kappa shape index (κ1) is 19.6. The summed E-state index contributed by atoms with van der Waals surface area (Å²) in [7, 11) is 0. The fourth-order valence-electron chi connectivity index (χ4n) is 3.65. The molecular weight excluding hydrogens is 382 g/mol. The van der Waals surface area contributed by atoms with Gasteiger partial charge in [0.2, 0.25) is 11.3 Å². The van der Waals surface area contributed by atoms with E-state index in [4.69, 9.17) is 10.00 Å². The van der Waals surface area contributed by atoms with Gasteiger partial charge in [0, 0.05) is 43.7 Å². The maximum absolute atomic E-state index is 13.1. The van der Waals surface area contributed by atoms with Crippen molar-refractivity contribution in [2.45, 2.75) is 32.9 Å². The number of pyridine rings is 3. The average Bonchev–Trinajstić information content (AvgIpc) is 3.22. The predicted octanol–water partition coefficient (Wildman–Crippen LogP) is 2.29. The Bertz CT molecular complexity index is 1230. The second kappa shape index (κ2) is 7.95. The van der Waals surface area contributed by atoms with Crippen LogP contribution < -0.4 is 10.2 Å². The van der Waals surface area contributed by atoms with Gasteiger partial charge in [0.05, 0.1) is 23.6 Å². The van der Waals surface area contributed by atoms with E-state index >= 15 is 0 Å². The molecule has 4 rings (SSSR count). The summed E-state index contributed by atoms with van der Waals surface area (Å²) in [6.07, 6.45) is 3.50. The number of rotatable bonds is 4. The van der Waals surface area contributed by atoms with E-state index in [1.807, 2.05) is 24.5 Å². The standard InChI is InChI=1S/C22H21N5O3/c1-3-26-13-18(20(28)17-5-4-14(2)25-21(17)26)22(29)27-9-7-16(12-27)30-19-10-15(11-23)6-8-24-19/h4-6,8,10,13,16H,3,7,9,12H2,1-2H3. The van der Waals surface area contributed by atoms with E-state index in [-0.39, 0.29) is 23.0 Å². The van der Waals surface area contributed by atoms with Gasteiger partial charge in [0.25, 0.3) is 5.91 Å². The van der Waals surface area contributed by atoms with Crippen molar-refractivity contribution >= 4 is 16.9 Å². The molecule has 0 aliphatic carbocycles. The summed E-state index contributed by atoms with van der Waals surface area (Å²) in [6.45, 7) is 5.25. The highest BCUT2D eigenvalue weighted by Crippen LogP contribution is 2.19. The van der Waals surface area contributed by atoms with E-state index in [1.165, 1.54) is 6.20 Å². The van der Waals surface area contributed by atoms with Crippen molar-refractivity contribution < 1.29 is 9.53 Å². The first-order chi connectivity index (χ1) is 14.5. The Kier molecular flexibility index (Phi) is 5.19. The van der Waals surface area contributed by atoms with Crippen molar-refractivity contribution in [3.05, 3.63) is 63.7 Å². The second-order valence-corrected chi connectivity index (χ2v) is 7.26. The molecule has 1 unspecified atom stereocenters. The van der Waals surface area contributed by atoms with Crippen LogP contribution in [0.1, 0.15) is 35.0 Å². The molecule has 1 amide bonds. The van der Waals surface area contributed by atoms with E-state index in [0.29, 0.717) is 48.5 Å². The van der Waals surface area contributed by atoms with Crippen LogP contribution in [-0.4, -0.2) is 44.5 Å². The Hall–Kier alpha value is -3.73. The van der Waals surface area contributed by atoms with E-state index in [9.17, 15) is 9.59 Å². The number of likely N-dealkylation sites (tertiary alicyclic amines) is 1. The molecule has 0 N–H and O–H groups in total. The molecule has 0 saturated carbocycles. The highest BCUT2D eigenvalue weighted by atomic mass is 16.5. The lowest BCUT2D eigenvalue weighted by atomic mass is 10.1. The van der Waals surface area contributed by atoms with Gasteiger partial charge in [-0.3, -0.25) is 9.59 Å². The first-order valence-electron chi connectivity index (χ1n) is 9.83. The van der Waals surface area contributed by atoms with Gasteiger partial charge < -0.3 is 14.2 Å². The van der Waals surface area contributed by atoms with Crippen molar-refractivity contribution in [3.63, 3.8) is 0 Å². The fourth-order valence-corrected chi connectivity index (χ4v) is 3.65. The molecule has 152 valence electrons. The van der Waals surface area contributed by atoms with Gasteiger partial charge in [0.15, 0.2) is 0 Å². The Morgan fingerprint density at radius 1 is 1.37 bits per heavy atom. The van der Waals surface area contributed by atoms with Crippen LogP contribution in [0.25, 0.3) is 11.0 Å². The molecule has 8 heteroatoms. The number of nitriles is 1. The lowest BCUT2D eigenvalue weighted by Gasteiger charge is -2.18. The van der Waals surface area contributed by atoms with Crippen LogP contribution in [0.3, 0.4) is 0 Å². The molecular formula is C22H21N5O3. The van der Waals surface area contributed by atoms with Crippen molar-refractivity contribution in [1.82, 2.24) is 19.4 Å². The number of aryl methyl sites for hydroxylation is 2. The first-order valence-corrected chi connectivity index (χ1v) is 9.83. The summed E-state index contributed by atoms with van der Waals surface area (Å²) < 4.78 is 7.67. The summed E-state index contributed by atoms with van der Waals surface area (Å²) in [5.41, 5.74) is 1.70. The van der Waals surface area contributed by atoms with Gasteiger partial charge >= 0.3 is 0 Å². The zero-order valence-corrected chi connectivity index (χ0v) is 16.8. The van der Waals surface area contributed by atoms with Gasteiger partial charge in [-0.2, -0.15) is 5.26 Å². The lowest BCUT2D eigenvalue weighted by Crippen LogP contribution is -2.34. The highest BCUT2D eigenvalue weighted by molar-refractivity contribution is 5.97. The summed E-state index contributed by atoms with van der Waals surface area (Å²) in [5.74, 6) is 0.0448. The Labute approximate surface area is 173 Å². The SMILES string of the molecule is CCn1cc(C(=O)N2CCC(Oc3cc(C#N)ccn3)C2)c(=O)c2ccc(C)nc21. The molecule has 0 bridgehead atoms. The predicted molar refractivity (Wildman–Crippen MR) is 110 cm³/mol. The number of hydrogen-bond donors (Lipinski definition) is 0. The molecule has 1 atom stereocenters. The zero-order chi connectivity index (χ0) is 21.3. The number of nitrogens with zero attached hydrogens (tertiary/aromatic N) is 5. The van der Waals surface area contributed by atoms with Gasteiger partial charge in [-0.15, -0.1) is 0 Å². The topological polar surface area (TPSA) is 101 Å². The number of fused-ring (bicyclic) bond motifs is 1. The summed E-state index contributed by atoms with van der Waals surface area (Å²) in [5, 5.41) is 9.44. The minimum Gasteiger partial charge on any atom is -0.472 e. The van der Waals surface area contributed by atoms with E-state index < -0.39 is 0 Å². The van der Waals surface area contributed by atoms with Crippen LogP contribution in [0, 0.1) is 18.3 Å². The third kappa shape index (κ3) is 3.62. The van der Waals surface area contributed by atoms with Crippen molar-refractivity contribution in [2.24, 2.45) is 0 Å². The maximum Gasteiger partial charge on any atom is 0.259 e. The van der Waals surface area contributed by atoms with Crippen LogP contribution in [-0.2, 0) is 6.54 Å². The Balaban J connectivity index is 1.57. The molecule has 1 aliphatic heterocycles. The van der Waals surface area contributed by atoms with Crippen molar-refractivity contribution in [3.8, 4) is 11.9 Å². The average molecular weight is 403 g/mol. The Morgan fingerprint density at radius 3 is 2.97 bits per heavy atom. The minimum atomic E-state index is -0.311. The quantitative estimate of drug-likeness (QED) is 0.662. The molecule has 1 saturated heterocycles. The van der Waals surface area contributed by atoms with E-state index in [2.05, 4.69) is 9.97 Å². The number of amides is 1. The lowest BCUT2D eigenvalue weighted by molar-refractivity contribution is 0.0769. The normalized spacial score (nSPS) is 15.9. The molecule has 0 aromatic carbocycles. The molecule has 8 nitrogen and oxygen atoms in total. The maximum atomic E-state index is 13.1. The van der Waals surface area contributed by atoms with Crippen molar-refractivity contribution in [1.29, 1.82) is 5.26 Å². The van der Waals surface area contributed by atoms with Gasteiger partial charge in [0.1, 0.15) is 17.3 Å². The van der Waals surface area contributed by atoms with Crippen molar-refractivity contribution in [2.75, 3.05) is 13.1 Å². The molecule has 3 aromatic heterocycles. The largest absolute Gasteiger partial charge is 0.472 e. The Morgan fingerprint density at radius 2 is 2.20 bits per heavy atom. The van der Waals surface area contributed by atoms with Crippen LogP contribution >= 0.6 is 0 Å². The summed E-state index contributed by atoms with van der Waals surface area (Å²) >= 11 is 0. The number of aromatic nitrogens is 3. The molecule has 1 fully saturated rings. The monoisotopic (exact) mass is 403 g/mol. The van der Waals surface area contributed by atoms with E-state index in [1.54, 1.807) is 35.4 Å². The smallest absolute Gasteiger partial charge is 0.259 e. The van der Waals surface area contributed by atoms with Crippen LogP contribution in [0.15, 0.2) is 41.5 Å². The zero-order valence-electron chi connectivity index (χ0n) is 16.8. The molecule has 0 spiro atoms. The van der Waals surface area contributed by atoms with Gasteiger partial charge in [-0.05, 0) is 32.0 Å². The highest BCUT2D eigenvalue weighted by Gasteiger charge is 2.30. The molecule has 3 aromatic rings. The van der Waals surface area contributed by atoms with E-state index in [0.717, 1.165) is 5.69 Å². The second-order valence-electron chi connectivity index (χ2n) is 7.26. The van der Waals surface area contributed by atoms with Gasteiger partial charge in [-0.1, -0.05) is 0 Å². The fraction of sp³-hybridized carbons (Fsp3) is 0.318. The van der Waals surface area contributed by atoms with Crippen LogP contribution in [0.4, 0.5) is 0 Å². The molecule has 30 heavy (non-hydrogen) atoms. The van der Waals surface area contributed by atoms with Gasteiger partial charge in [-0.25, -0.2) is 9.97 Å². The third-order valence-corrected chi connectivity index (χ3v) is 5.22. The summed E-state index contributed by atoms with van der Waals surface area (Å²) in [6, 6.07) is 8.73. The summed E-state index contributed by atoms with van der Waals surface area (Å²) in [4.78, 5) is 36.3. The number of carbonyl (C=O) groups is 1. The van der Waals surface area contributed by atoms with Crippen LogP contribution in [0.2, 0.25) is 0 Å².